The molecule has 1 spiro atoms. The van der Waals surface area contributed by atoms with Gasteiger partial charge in [0.05, 0.1) is 11.8 Å². The quantitative estimate of drug-likeness (QED) is 0.657. The van der Waals surface area contributed by atoms with Gasteiger partial charge in [-0.25, -0.2) is 0 Å². The number of hydrogen-bond donors (Lipinski definition) is 0. The summed E-state index contributed by atoms with van der Waals surface area (Å²) in [5, 5.41) is 9.92. The zero-order valence-corrected chi connectivity index (χ0v) is 16.0. The molecule has 0 saturated heterocycles. The number of hydrogen-bond acceptors (Lipinski definition) is 4. The number of methoxy groups -OCH3 is 1. The molecule has 1 saturated carbocycles. The van der Waals surface area contributed by atoms with Gasteiger partial charge in [-0.3, -0.25) is 0 Å². The van der Waals surface area contributed by atoms with Crippen molar-refractivity contribution < 1.29 is 9.47 Å². The molecule has 27 heavy (non-hydrogen) atoms. The number of fused-ring (bicyclic) bond motifs is 1. The molecule has 1 fully saturated rings. The van der Waals surface area contributed by atoms with Crippen LogP contribution in [0.5, 0.6) is 11.5 Å². The Balaban J connectivity index is 1.65. The number of nitriles is 1. The van der Waals surface area contributed by atoms with E-state index in [1.807, 2.05) is 36.5 Å². The van der Waals surface area contributed by atoms with Crippen LogP contribution in [-0.2, 0) is 11.2 Å². The molecular weight excluding hydrogens is 360 g/mol. The van der Waals surface area contributed by atoms with Crippen molar-refractivity contribution in [3.8, 4) is 17.7 Å². The summed E-state index contributed by atoms with van der Waals surface area (Å²) in [6.07, 6.45) is 7.24. The number of aliphatic imine (C=N–C) groups is 1. The second kappa shape index (κ2) is 7.34. The van der Waals surface area contributed by atoms with Crippen LogP contribution in [-0.4, -0.2) is 18.9 Å². The number of ether oxygens (including phenoxy) is 2. The Morgan fingerprint density at radius 2 is 1.93 bits per heavy atom. The van der Waals surface area contributed by atoms with Gasteiger partial charge in [0.2, 0.25) is 6.19 Å². The molecule has 4 rings (SSSR count). The van der Waals surface area contributed by atoms with Crippen LogP contribution in [0.25, 0.3) is 0 Å². The lowest BCUT2D eigenvalue weighted by atomic mass is 9.70. The molecule has 2 aromatic rings. The predicted molar refractivity (Wildman–Crippen MR) is 106 cm³/mol. The SMILES string of the molecule is CO[C@H]1CC[C@]2(CC1)Cc1ccc(Oc3cccc(Cl)c3)cc1/C2=N/C#N. The Hall–Kier alpha value is -2.35. The predicted octanol–water partition coefficient (Wildman–Crippen LogP) is 5.53. The van der Waals surface area contributed by atoms with Crippen LogP contribution < -0.4 is 4.74 Å². The van der Waals surface area contributed by atoms with Crippen LogP contribution in [0, 0.1) is 16.9 Å². The molecule has 0 aromatic heterocycles. The van der Waals surface area contributed by atoms with Gasteiger partial charge in [-0.1, -0.05) is 23.7 Å². The van der Waals surface area contributed by atoms with Gasteiger partial charge < -0.3 is 9.47 Å². The van der Waals surface area contributed by atoms with E-state index in [1.165, 1.54) is 5.56 Å². The fourth-order valence-electron chi connectivity index (χ4n) is 4.42. The minimum atomic E-state index is -0.0538. The van der Waals surface area contributed by atoms with E-state index >= 15 is 0 Å². The minimum Gasteiger partial charge on any atom is -0.457 e. The summed E-state index contributed by atoms with van der Waals surface area (Å²) in [5.41, 5.74) is 3.12. The summed E-state index contributed by atoms with van der Waals surface area (Å²) in [7, 11) is 1.77. The van der Waals surface area contributed by atoms with E-state index in [4.69, 9.17) is 21.1 Å². The van der Waals surface area contributed by atoms with E-state index in [2.05, 4.69) is 11.1 Å². The standard InChI is InChI=1S/C22H21ClN2O2/c1-26-17-7-9-22(10-8-17)13-15-5-6-19(12-20(15)21(22)25-14-24)27-18-4-2-3-16(23)11-18/h2-6,11-12,17H,7-10,13H2,1H3/b25-21-/t17-,22-. The first kappa shape index (κ1) is 18.0. The van der Waals surface area contributed by atoms with Crippen LogP contribution in [0.2, 0.25) is 5.02 Å². The molecule has 0 radical (unpaired) electrons. The molecule has 0 heterocycles. The number of halogens is 1. The van der Waals surface area contributed by atoms with Gasteiger partial charge in [-0.15, -0.1) is 0 Å². The van der Waals surface area contributed by atoms with Crippen molar-refractivity contribution in [2.75, 3.05) is 7.11 Å². The van der Waals surface area contributed by atoms with E-state index in [1.54, 1.807) is 13.2 Å². The molecule has 2 aliphatic rings. The highest BCUT2D eigenvalue weighted by atomic mass is 35.5. The van der Waals surface area contributed by atoms with Crippen molar-refractivity contribution in [2.24, 2.45) is 10.4 Å². The highest BCUT2D eigenvalue weighted by molar-refractivity contribution is 6.30. The number of nitrogens with zero attached hydrogens (tertiary/aromatic N) is 2. The summed E-state index contributed by atoms with van der Waals surface area (Å²) in [6.45, 7) is 0. The molecule has 0 amide bonds. The largest absolute Gasteiger partial charge is 0.457 e. The Kier molecular flexibility index (Phi) is 4.90. The maximum absolute atomic E-state index is 9.29. The molecule has 0 N–H and O–H groups in total. The van der Waals surface area contributed by atoms with E-state index in [0.717, 1.165) is 49.1 Å². The van der Waals surface area contributed by atoms with Crippen molar-refractivity contribution >= 4 is 17.3 Å². The molecule has 5 heteroatoms. The van der Waals surface area contributed by atoms with Gasteiger partial charge in [-0.05, 0) is 68.0 Å². The lowest BCUT2D eigenvalue weighted by molar-refractivity contribution is 0.0468. The maximum Gasteiger partial charge on any atom is 0.205 e. The Labute approximate surface area is 164 Å². The van der Waals surface area contributed by atoms with E-state index < -0.39 is 0 Å². The average molecular weight is 381 g/mol. The Bertz CT molecular complexity index is 924. The summed E-state index contributed by atoms with van der Waals surface area (Å²) < 4.78 is 11.5. The Morgan fingerprint density at radius 3 is 2.63 bits per heavy atom. The van der Waals surface area contributed by atoms with E-state index in [-0.39, 0.29) is 5.41 Å². The monoisotopic (exact) mass is 380 g/mol. The minimum absolute atomic E-state index is 0.0538. The highest BCUT2D eigenvalue weighted by Gasteiger charge is 2.45. The van der Waals surface area contributed by atoms with Crippen molar-refractivity contribution in [3.63, 3.8) is 0 Å². The molecule has 0 atom stereocenters. The van der Waals surface area contributed by atoms with Crippen molar-refractivity contribution in [3.05, 3.63) is 58.6 Å². The van der Waals surface area contributed by atoms with E-state index in [0.29, 0.717) is 16.9 Å². The normalized spacial score (nSPS) is 25.4. The van der Waals surface area contributed by atoms with Crippen LogP contribution in [0.3, 0.4) is 0 Å². The first-order valence-electron chi connectivity index (χ1n) is 9.20. The zero-order chi connectivity index (χ0) is 18.9. The summed E-state index contributed by atoms with van der Waals surface area (Å²) in [6, 6.07) is 13.4. The molecule has 0 unspecified atom stereocenters. The van der Waals surface area contributed by atoms with Gasteiger partial charge in [0.15, 0.2) is 0 Å². The highest BCUT2D eigenvalue weighted by Crippen LogP contribution is 2.49. The van der Waals surface area contributed by atoms with Gasteiger partial charge in [-0.2, -0.15) is 10.3 Å². The molecule has 0 aliphatic heterocycles. The maximum atomic E-state index is 9.29. The molecule has 138 valence electrons. The first-order valence-corrected chi connectivity index (χ1v) is 9.58. The van der Waals surface area contributed by atoms with Crippen LogP contribution >= 0.6 is 11.6 Å². The topological polar surface area (TPSA) is 54.6 Å². The third-order valence-corrected chi connectivity index (χ3v) is 6.02. The van der Waals surface area contributed by atoms with Crippen LogP contribution in [0.1, 0.15) is 36.8 Å². The summed E-state index contributed by atoms with van der Waals surface area (Å²) in [5.74, 6) is 1.42. The molecule has 2 aromatic carbocycles. The van der Waals surface area contributed by atoms with Gasteiger partial charge in [0.1, 0.15) is 11.5 Å². The zero-order valence-electron chi connectivity index (χ0n) is 15.2. The van der Waals surface area contributed by atoms with Crippen LogP contribution in [0.4, 0.5) is 0 Å². The number of benzene rings is 2. The van der Waals surface area contributed by atoms with Crippen molar-refractivity contribution in [1.29, 1.82) is 5.26 Å². The van der Waals surface area contributed by atoms with Gasteiger partial charge in [0, 0.05) is 23.1 Å². The van der Waals surface area contributed by atoms with Gasteiger partial charge in [0.25, 0.3) is 0 Å². The van der Waals surface area contributed by atoms with Crippen LogP contribution in [0.15, 0.2) is 47.5 Å². The molecule has 4 nitrogen and oxygen atoms in total. The number of rotatable bonds is 3. The second-order valence-electron chi connectivity index (χ2n) is 7.33. The Morgan fingerprint density at radius 1 is 1.15 bits per heavy atom. The smallest absolute Gasteiger partial charge is 0.205 e. The average Bonchev–Trinajstić information content (AvgIpc) is 2.96. The third kappa shape index (κ3) is 3.45. The molecular formula is C22H21ClN2O2. The first-order chi connectivity index (χ1) is 13.1. The fourth-order valence-corrected chi connectivity index (χ4v) is 4.60. The second-order valence-corrected chi connectivity index (χ2v) is 7.77. The lowest BCUT2D eigenvalue weighted by Crippen LogP contribution is -2.35. The fraction of sp³-hybridized carbons (Fsp3) is 0.364. The molecule has 0 bridgehead atoms. The third-order valence-electron chi connectivity index (χ3n) is 5.78. The summed E-state index contributed by atoms with van der Waals surface area (Å²) >= 11 is 6.04. The molecule has 2 aliphatic carbocycles. The van der Waals surface area contributed by atoms with Crippen molar-refractivity contribution in [1.82, 2.24) is 0 Å². The van der Waals surface area contributed by atoms with Crippen molar-refractivity contribution in [2.45, 2.75) is 38.2 Å². The lowest BCUT2D eigenvalue weighted by Gasteiger charge is -2.36. The van der Waals surface area contributed by atoms with E-state index in [9.17, 15) is 5.26 Å². The van der Waals surface area contributed by atoms with Gasteiger partial charge >= 0.3 is 0 Å². The summed E-state index contributed by atoms with van der Waals surface area (Å²) in [4.78, 5) is 4.26.